The zero-order valence-electron chi connectivity index (χ0n) is 15.2. The third-order valence-electron chi connectivity index (χ3n) is 4.88. The maximum absolute atomic E-state index is 13.6. The van der Waals surface area contributed by atoms with Gasteiger partial charge in [-0.05, 0) is 49.4 Å². The second-order valence-corrected chi connectivity index (χ2v) is 6.75. The molecule has 0 bridgehead atoms. The Morgan fingerprint density at radius 1 is 1.00 bits per heavy atom. The molecule has 5 nitrogen and oxygen atoms in total. The van der Waals surface area contributed by atoms with Gasteiger partial charge in [-0.3, -0.25) is 4.79 Å². The molecule has 0 atom stereocenters. The number of hydrogen-bond donors (Lipinski definition) is 2. The lowest BCUT2D eigenvalue weighted by molar-refractivity contribution is 0.0945. The number of nitrogens with one attached hydrogen (secondary N) is 2. The van der Waals surface area contributed by atoms with Crippen LogP contribution in [0.3, 0.4) is 0 Å². The molecule has 2 N–H and O–H groups in total. The van der Waals surface area contributed by atoms with E-state index >= 15 is 0 Å². The minimum absolute atomic E-state index is 0.0740. The number of hydrogen-bond acceptors (Lipinski definition) is 2. The highest BCUT2D eigenvalue weighted by Gasteiger charge is 2.23. The van der Waals surface area contributed by atoms with Crippen LogP contribution in [0, 0.1) is 11.7 Å². The fourth-order valence-corrected chi connectivity index (χ4v) is 3.28. The molecule has 6 heteroatoms. The Labute approximate surface area is 158 Å². The van der Waals surface area contributed by atoms with Crippen molar-refractivity contribution in [3.8, 4) is 0 Å². The molecule has 3 rings (SSSR count). The summed E-state index contributed by atoms with van der Waals surface area (Å²) >= 11 is 0. The van der Waals surface area contributed by atoms with E-state index < -0.39 is 5.82 Å². The standard InChI is InChI=1S/C21H24FN3O2/c22-19-9-5-4-8-18(19)20(26)23-13-10-16-11-14-25(15-12-16)21(27)24-17-6-2-1-3-7-17/h1-9,16H,10-15H2,(H,23,26)(H,24,27). The van der Waals surface area contributed by atoms with E-state index in [-0.39, 0.29) is 17.5 Å². The van der Waals surface area contributed by atoms with Crippen LogP contribution in [0.15, 0.2) is 54.6 Å². The Bertz CT molecular complexity index is 774. The molecule has 0 unspecified atom stereocenters. The molecule has 1 saturated heterocycles. The summed E-state index contributed by atoms with van der Waals surface area (Å²) in [5, 5.41) is 5.68. The van der Waals surface area contributed by atoms with Gasteiger partial charge in [0.25, 0.3) is 5.91 Å². The van der Waals surface area contributed by atoms with Gasteiger partial charge < -0.3 is 15.5 Å². The van der Waals surface area contributed by atoms with Crippen molar-refractivity contribution in [1.82, 2.24) is 10.2 Å². The van der Waals surface area contributed by atoms with Crippen LogP contribution in [0.4, 0.5) is 14.9 Å². The van der Waals surface area contributed by atoms with E-state index in [1.807, 2.05) is 35.2 Å². The first-order valence-electron chi connectivity index (χ1n) is 9.27. The smallest absolute Gasteiger partial charge is 0.321 e. The van der Waals surface area contributed by atoms with Gasteiger partial charge in [-0.15, -0.1) is 0 Å². The third-order valence-corrected chi connectivity index (χ3v) is 4.88. The maximum atomic E-state index is 13.6. The molecular formula is C21H24FN3O2. The normalized spacial score (nSPS) is 14.6. The quantitative estimate of drug-likeness (QED) is 0.840. The number of likely N-dealkylation sites (tertiary alicyclic amines) is 1. The largest absolute Gasteiger partial charge is 0.352 e. The molecule has 1 heterocycles. The molecule has 1 aliphatic heterocycles. The van der Waals surface area contributed by atoms with Crippen molar-refractivity contribution in [3.05, 3.63) is 66.0 Å². The summed E-state index contributed by atoms with van der Waals surface area (Å²) in [6.07, 6.45) is 2.63. The fourth-order valence-electron chi connectivity index (χ4n) is 3.28. The SMILES string of the molecule is O=C(NCCC1CCN(C(=O)Nc2ccccc2)CC1)c1ccccc1F. The number of anilines is 1. The summed E-state index contributed by atoms with van der Waals surface area (Å²) in [5.41, 5.74) is 0.866. The number of nitrogens with zero attached hydrogens (tertiary/aromatic N) is 1. The van der Waals surface area contributed by atoms with Crippen LogP contribution in [0.5, 0.6) is 0 Å². The summed E-state index contributed by atoms with van der Waals surface area (Å²) in [4.78, 5) is 26.1. The highest BCUT2D eigenvalue weighted by atomic mass is 19.1. The second kappa shape index (κ2) is 9.16. The summed E-state index contributed by atoms with van der Waals surface area (Å²) in [5.74, 6) is -0.438. The summed E-state index contributed by atoms with van der Waals surface area (Å²) in [6.45, 7) is 1.91. The minimum Gasteiger partial charge on any atom is -0.352 e. The molecule has 0 aromatic heterocycles. The van der Waals surface area contributed by atoms with Crippen molar-refractivity contribution in [3.63, 3.8) is 0 Å². The number of para-hydroxylation sites is 1. The van der Waals surface area contributed by atoms with Crippen molar-refractivity contribution in [2.75, 3.05) is 25.0 Å². The summed E-state index contributed by atoms with van der Waals surface area (Å²) < 4.78 is 13.6. The molecular weight excluding hydrogens is 345 g/mol. The number of piperidine rings is 1. The Balaban J connectivity index is 1.38. The monoisotopic (exact) mass is 369 g/mol. The molecule has 3 amide bonds. The Morgan fingerprint density at radius 2 is 1.67 bits per heavy atom. The van der Waals surface area contributed by atoms with E-state index in [9.17, 15) is 14.0 Å². The van der Waals surface area contributed by atoms with Crippen molar-refractivity contribution < 1.29 is 14.0 Å². The second-order valence-electron chi connectivity index (χ2n) is 6.75. The number of amides is 3. The predicted molar refractivity (Wildman–Crippen MR) is 103 cm³/mol. The number of halogens is 1. The van der Waals surface area contributed by atoms with E-state index in [4.69, 9.17) is 0 Å². The van der Waals surface area contributed by atoms with Crippen molar-refractivity contribution in [2.24, 2.45) is 5.92 Å². The van der Waals surface area contributed by atoms with E-state index in [1.54, 1.807) is 12.1 Å². The molecule has 0 spiro atoms. The summed E-state index contributed by atoms with van der Waals surface area (Å²) in [6, 6.07) is 15.3. The Hall–Kier alpha value is -2.89. The van der Waals surface area contributed by atoms with Crippen LogP contribution in [0.25, 0.3) is 0 Å². The van der Waals surface area contributed by atoms with Gasteiger partial charge in [0.1, 0.15) is 5.82 Å². The van der Waals surface area contributed by atoms with Crippen molar-refractivity contribution >= 4 is 17.6 Å². The summed E-state index contributed by atoms with van der Waals surface area (Å²) in [7, 11) is 0. The van der Waals surface area contributed by atoms with Gasteiger partial charge in [0.15, 0.2) is 0 Å². The van der Waals surface area contributed by atoms with Gasteiger partial charge >= 0.3 is 6.03 Å². The molecule has 0 aliphatic carbocycles. The van der Waals surface area contributed by atoms with Crippen LogP contribution >= 0.6 is 0 Å². The first-order chi connectivity index (χ1) is 13.1. The van der Waals surface area contributed by atoms with Crippen LogP contribution < -0.4 is 10.6 Å². The molecule has 0 radical (unpaired) electrons. The maximum Gasteiger partial charge on any atom is 0.321 e. The van der Waals surface area contributed by atoms with E-state index in [0.717, 1.165) is 24.9 Å². The van der Waals surface area contributed by atoms with Crippen LogP contribution in [0.1, 0.15) is 29.6 Å². The van der Waals surface area contributed by atoms with Crippen LogP contribution in [-0.4, -0.2) is 36.5 Å². The number of carbonyl (C=O) groups is 2. The van der Waals surface area contributed by atoms with E-state index in [1.165, 1.54) is 12.1 Å². The molecule has 2 aromatic carbocycles. The average Bonchev–Trinajstić information content (AvgIpc) is 2.69. The first-order valence-corrected chi connectivity index (χ1v) is 9.27. The third kappa shape index (κ3) is 5.29. The van der Waals surface area contributed by atoms with Crippen molar-refractivity contribution in [2.45, 2.75) is 19.3 Å². The molecule has 1 aliphatic rings. The van der Waals surface area contributed by atoms with Crippen molar-refractivity contribution in [1.29, 1.82) is 0 Å². The topological polar surface area (TPSA) is 61.4 Å². The number of benzene rings is 2. The molecule has 2 aromatic rings. The highest BCUT2D eigenvalue weighted by Crippen LogP contribution is 2.21. The molecule has 27 heavy (non-hydrogen) atoms. The average molecular weight is 369 g/mol. The van der Waals surface area contributed by atoms with Gasteiger partial charge in [0.2, 0.25) is 0 Å². The Morgan fingerprint density at radius 3 is 2.37 bits per heavy atom. The van der Waals surface area contributed by atoms with E-state index in [2.05, 4.69) is 10.6 Å². The van der Waals surface area contributed by atoms with Gasteiger partial charge in [-0.2, -0.15) is 0 Å². The van der Waals surface area contributed by atoms with Crippen LogP contribution in [0.2, 0.25) is 0 Å². The predicted octanol–water partition coefficient (Wildman–Crippen LogP) is 3.89. The Kier molecular flexibility index (Phi) is 6.41. The lowest BCUT2D eigenvalue weighted by Gasteiger charge is -2.32. The number of rotatable bonds is 5. The van der Waals surface area contributed by atoms with Gasteiger partial charge in [-0.25, -0.2) is 9.18 Å². The van der Waals surface area contributed by atoms with Gasteiger partial charge in [0.05, 0.1) is 5.56 Å². The van der Waals surface area contributed by atoms with Crippen LogP contribution in [-0.2, 0) is 0 Å². The molecule has 142 valence electrons. The fraction of sp³-hybridized carbons (Fsp3) is 0.333. The number of carbonyl (C=O) groups excluding carboxylic acids is 2. The highest BCUT2D eigenvalue weighted by molar-refractivity contribution is 5.94. The zero-order valence-corrected chi connectivity index (χ0v) is 15.2. The minimum atomic E-state index is -0.507. The lowest BCUT2D eigenvalue weighted by atomic mass is 9.93. The van der Waals surface area contributed by atoms with Gasteiger partial charge in [0, 0.05) is 25.3 Å². The zero-order chi connectivity index (χ0) is 19.1. The molecule has 1 fully saturated rings. The van der Waals surface area contributed by atoms with E-state index in [0.29, 0.717) is 25.6 Å². The first kappa shape index (κ1) is 18.9. The number of urea groups is 1. The van der Waals surface area contributed by atoms with Gasteiger partial charge in [-0.1, -0.05) is 30.3 Å². The molecule has 0 saturated carbocycles. The lowest BCUT2D eigenvalue weighted by Crippen LogP contribution is -2.41.